The zero-order valence-electron chi connectivity index (χ0n) is 58.1. The van der Waals surface area contributed by atoms with Gasteiger partial charge in [-0.25, -0.2) is 9.13 Å². The van der Waals surface area contributed by atoms with Gasteiger partial charge in [0.15, 0.2) is 12.2 Å². The minimum atomic E-state index is -4.95. The molecule has 3 N–H and O–H groups in total. The molecule has 89 heavy (non-hydrogen) atoms. The van der Waals surface area contributed by atoms with Crippen LogP contribution in [0.5, 0.6) is 0 Å². The molecular formula is C70H136O17P2. The SMILES string of the molecule is CCC(C)CCCCCCCCC(=O)OC[C@H](COP(=O)(O)OC[C@H](O)COP(=O)(O)OC[C@@H](COC(=O)CCCCCCCCCCCCC(C)C)OC(=O)CCCCCCCCCCCCCCC(C)C)OC(=O)CCCCCCCCCCC(C)C. The van der Waals surface area contributed by atoms with Gasteiger partial charge in [-0.15, -0.1) is 0 Å². The lowest BCUT2D eigenvalue weighted by Crippen LogP contribution is -2.30. The molecule has 0 aromatic carbocycles. The van der Waals surface area contributed by atoms with Crippen molar-refractivity contribution in [1.29, 1.82) is 0 Å². The fourth-order valence-corrected chi connectivity index (χ4v) is 12.0. The monoisotopic (exact) mass is 1310 g/mol. The van der Waals surface area contributed by atoms with Crippen LogP contribution in [0.4, 0.5) is 0 Å². The van der Waals surface area contributed by atoms with Crippen LogP contribution in [0.15, 0.2) is 0 Å². The molecule has 6 atom stereocenters. The van der Waals surface area contributed by atoms with Crippen molar-refractivity contribution in [3.8, 4) is 0 Å². The van der Waals surface area contributed by atoms with Crippen LogP contribution in [-0.4, -0.2) is 96.7 Å². The molecule has 0 aromatic rings. The van der Waals surface area contributed by atoms with E-state index in [0.717, 1.165) is 120 Å². The second kappa shape index (κ2) is 59.8. The number of carbonyl (C=O) groups excluding carboxylic acids is 4. The first-order valence-electron chi connectivity index (χ1n) is 36.2. The third kappa shape index (κ3) is 63.2. The van der Waals surface area contributed by atoms with Gasteiger partial charge in [0.1, 0.15) is 19.3 Å². The highest BCUT2D eigenvalue weighted by Crippen LogP contribution is 2.45. The van der Waals surface area contributed by atoms with Crippen LogP contribution < -0.4 is 0 Å². The lowest BCUT2D eigenvalue weighted by atomic mass is 10.00. The van der Waals surface area contributed by atoms with Gasteiger partial charge in [-0.1, -0.05) is 293 Å². The molecule has 0 saturated carbocycles. The van der Waals surface area contributed by atoms with E-state index >= 15 is 0 Å². The Kier molecular flexibility index (Phi) is 58.5. The van der Waals surface area contributed by atoms with Crippen LogP contribution in [0.1, 0.15) is 344 Å². The Hall–Kier alpha value is -1.94. The van der Waals surface area contributed by atoms with E-state index in [1.54, 1.807) is 0 Å². The van der Waals surface area contributed by atoms with Crippen molar-refractivity contribution < 1.29 is 80.2 Å². The number of ether oxygens (including phenoxy) is 4. The average molecular weight is 1310 g/mol. The molecule has 0 aliphatic heterocycles. The maximum Gasteiger partial charge on any atom is 0.472 e. The van der Waals surface area contributed by atoms with Gasteiger partial charge in [-0.3, -0.25) is 37.3 Å². The van der Waals surface area contributed by atoms with E-state index in [0.29, 0.717) is 25.7 Å². The average Bonchev–Trinajstić information content (AvgIpc) is 3.68. The fourth-order valence-electron chi connectivity index (χ4n) is 10.5. The maximum atomic E-state index is 13.0. The molecule has 528 valence electrons. The van der Waals surface area contributed by atoms with Crippen molar-refractivity contribution in [3.05, 3.63) is 0 Å². The van der Waals surface area contributed by atoms with Crippen molar-refractivity contribution in [3.63, 3.8) is 0 Å². The first-order chi connectivity index (χ1) is 42.6. The second-order valence-electron chi connectivity index (χ2n) is 26.9. The molecule has 0 aliphatic rings. The number of aliphatic hydroxyl groups is 1. The summed E-state index contributed by atoms with van der Waals surface area (Å²) in [5, 5.41) is 10.6. The summed E-state index contributed by atoms with van der Waals surface area (Å²) in [5.74, 6) is 0.853. The second-order valence-corrected chi connectivity index (χ2v) is 29.8. The predicted molar refractivity (Wildman–Crippen MR) is 358 cm³/mol. The number of phosphoric ester groups is 2. The predicted octanol–water partition coefficient (Wildman–Crippen LogP) is 19.7. The summed E-state index contributed by atoms with van der Waals surface area (Å²) in [6.07, 6.45) is 41.7. The van der Waals surface area contributed by atoms with Crippen LogP contribution in [0, 0.1) is 23.7 Å². The smallest absolute Gasteiger partial charge is 0.462 e. The molecule has 0 amide bonds. The van der Waals surface area contributed by atoms with Gasteiger partial charge < -0.3 is 33.8 Å². The van der Waals surface area contributed by atoms with Crippen molar-refractivity contribution in [2.75, 3.05) is 39.6 Å². The molecule has 0 aromatic heterocycles. The van der Waals surface area contributed by atoms with E-state index in [1.807, 2.05) is 0 Å². The minimum Gasteiger partial charge on any atom is -0.462 e. The molecular weight excluding hydrogens is 1170 g/mol. The fraction of sp³-hybridized carbons (Fsp3) is 0.943. The molecule has 3 unspecified atom stereocenters. The molecule has 0 fully saturated rings. The Balaban J connectivity index is 5.26. The van der Waals surface area contributed by atoms with Gasteiger partial charge in [0.2, 0.25) is 0 Å². The summed E-state index contributed by atoms with van der Waals surface area (Å²) >= 11 is 0. The van der Waals surface area contributed by atoms with Crippen molar-refractivity contribution in [1.82, 2.24) is 0 Å². The summed E-state index contributed by atoms with van der Waals surface area (Å²) in [6, 6.07) is 0. The Morgan fingerprint density at radius 2 is 0.539 bits per heavy atom. The van der Waals surface area contributed by atoms with E-state index in [4.69, 9.17) is 37.0 Å². The first kappa shape index (κ1) is 87.1. The van der Waals surface area contributed by atoms with Crippen LogP contribution in [0.25, 0.3) is 0 Å². The Labute approximate surface area is 543 Å². The Bertz CT molecular complexity index is 1770. The van der Waals surface area contributed by atoms with Crippen LogP contribution in [0.2, 0.25) is 0 Å². The summed E-state index contributed by atoms with van der Waals surface area (Å²) in [5.41, 5.74) is 0. The molecule has 0 bridgehead atoms. The standard InChI is InChI=1S/C70H136O17P2/c1-9-63(8)49-41-33-28-29-35-43-51-68(73)81-57-66(87-70(75)53-45-37-27-21-20-24-32-40-48-62(6)7)59-85-89(78,79)83-55-64(71)54-82-88(76,77)84-58-65(56-80-67(72)50-42-34-25-18-15-14-17-23-31-39-47-61(4)5)86-69(74)52-44-36-26-19-13-11-10-12-16-22-30-38-46-60(2)3/h60-66,71H,9-59H2,1-8H3,(H,76,77)(H,78,79)/t63?,64-,65-,66-/m1/s1. The zero-order valence-corrected chi connectivity index (χ0v) is 59.8. The molecule has 0 spiro atoms. The highest BCUT2D eigenvalue weighted by molar-refractivity contribution is 7.47. The lowest BCUT2D eigenvalue weighted by Gasteiger charge is -2.21. The largest absolute Gasteiger partial charge is 0.472 e. The number of hydrogen-bond donors (Lipinski definition) is 3. The number of phosphoric acid groups is 2. The van der Waals surface area contributed by atoms with Crippen molar-refractivity contribution in [2.24, 2.45) is 23.7 Å². The van der Waals surface area contributed by atoms with Crippen LogP contribution >= 0.6 is 15.6 Å². The quantitative estimate of drug-likeness (QED) is 0.0222. The van der Waals surface area contributed by atoms with Crippen LogP contribution in [-0.2, 0) is 65.4 Å². The molecule has 0 aliphatic carbocycles. The highest BCUT2D eigenvalue weighted by Gasteiger charge is 2.30. The van der Waals surface area contributed by atoms with Gasteiger partial charge in [-0.2, -0.15) is 0 Å². The number of esters is 4. The Morgan fingerprint density at radius 3 is 0.798 bits per heavy atom. The number of aliphatic hydroxyl groups excluding tert-OH is 1. The zero-order chi connectivity index (χ0) is 66.1. The summed E-state index contributed by atoms with van der Waals surface area (Å²) in [7, 11) is -9.90. The third-order valence-electron chi connectivity index (χ3n) is 16.4. The number of unbranched alkanes of at least 4 members (excludes halogenated alkanes) is 32. The summed E-state index contributed by atoms with van der Waals surface area (Å²) < 4.78 is 68.3. The molecule has 0 saturated heterocycles. The van der Waals surface area contributed by atoms with E-state index in [-0.39, 0.29) is 25.7 Å². The van der Waals surface area contributed by atoms with Gasteiger partial charge in [0.05, 0.1) is 26.4 Å². The van der Waals surface area contributed by atoms with E-state index < -0.39 is 97.5 Å². The van der Waals surface area contributed by atoms with E-state index in [9.17, 15) is 43.2 Å². The minimum absolute atomic E-state index is 0.103. The van der Waals surface area contributed by atoms with Gasteiger partial charge in [-0.05, 0) is 49.4 Å². The molecule has 17 nitrogen and oxygen atoms in total. The molecule has 0 heterocycles. The Morgan fingerprint density at radius 1 is 0.315 bits per heavy atom. The molecule has 19 heteroatoms. The number of rotatable bonds is 67. The van der Waals surface area contributed by atoms with Crippen LogP contribution in [0.3, 0.4) is 0 Å². The van der Waals surface area contributed by atoms with Gasteiger partial charge >= 0.3 is 39.5 Å². The summed E-state index contributed by atoms with van der Waals surface area (Å²) in [4.78, 5) is 72.5. The first-order valence-corrected chi connectivity index (χ1v) is 39.2. The van der Waals surface area contributed by atoms with Gasteiger partial charge in [0.25, 0.3) is 0 Å². The number of carbonyl (C=O) groups is 4. The topological polar surface area (TPSA) is 237 Å². The summed E-state index contributed by atoms with van der Waals surface area (Å²) in [6.45, 7) is 14.1. The maximum absolute atomic E-state index is 13.0. The van der Waals surface area contributed by atoms with Gasteiger partial charge in [0, 0.05) is 25.7 Å². The van der Waals surface area contributed by atoms with Crippen molar-refractivity contribution in [2.45, 2.75) is 363 Å². The third-order valence-corrected chi connectivity index (χ3v) is 18.3. The lowest BCUT2D eigenvalue weighted by molar-refractivity contribution is -0.161. The van der Waals surface area contributed by atoms with E-state index in [2.05, 4.69) is 55.4 Å². The molecule has 0 radical (unpaired) electrons. The van der Waals surface area contributed by atoms with E-state index in [1.165, 1.54) is 141 Å². The van der Waals surface area contributed by atoms with Crippen molar-refractivity contribution >= 4 is 39.5 Å². The highest BCUT2D eigenvalue weighted by atomic mass is 31.2. The molecule has 0 rings (SSSR count). The normalized spacial score (nSPS) is 14.6. The number of hydrogen-bond acceptors (Lipinski definition) is 15.